The van der Waals surface area contributed by atoms with Crippen LogP contribution in [0.4, 0.5) is 13.2 Å². The summed E-state index contributed by atoms with van der Waals surface area (Å²) < 4.78 is 39.8. The van der Waals surface area contributed by atoms with Crippen molar-refractivity contribution in [1.82, 2.24) is 10.0 Å². The molecular formula is C21H19F3N2O3. The van der Waals surface area contributed by atoms with Crippen molar-refractivity contribution in [3.8, 4) is 0 Å². The number of alkyl halides is 3. The minimum Gasteiger partial charge on any atom is -0.315 e. The molecule has 0 saturated carbocycles. The molecule has 152 valence electrons. The quantitative estimate of drug-likeness (QED) is 0.368. The minimum absolute atomic E-state index is 0.166. The van der Waals surface area contributed by atoms with Crippen LogP contribution in [0.25, 0.3) is 10.8 Å². The van der Waals surface area contributed by atoms with Crippen LogP contribution >= 0.6 is 0 Å². The number of benzene rings is 2. The number of rotatable bonds is 6. The van der Waals surface area contributed by atoms with E-state index in [2.05, 4.69) is 0 Å². The summed E-state index contributed by atoms with van der Waals surface area (Å²) >= 11 is 0. The summed E-state index contributed by atoms with van der Waals surface area (Å²) in [6, 6.07) is 11.6. The molecule has 2 N–H and O–H groups in total. The molecule has 0 fully saturated rings. The van der Waals surface area contributed by atoms with Gasteiger partial charge in [-0.2, -0.15) is 13.2 Å². The van der Waals surface area contributed by atoms with Crippen molar-refractivity contribution in [3.05, 3.63) is 81.8 Å². The molecule has 0 atom stereocenters. The second-order valence-electron chi connectivity index (χ2n) is 6.71. The molecule has 0 saturated heterocycles. The standard InChI is InChI=1S/C21H19F3N2O3/c22-21(23,24)17-6-3-5-14(12-17)4-1-2-10-26-11-9-15-7-8-16(19(27)25-29)13-18(15)20(26)28/h3,5-9,11-13,29H,1-2,4,10H2,(H,25,27). The normalized spacial score (nSPS) is 11.6. The molecule has 3 rings (SSSR count). The SMILES string of the molecule is O=C(NO)c1ccc2ccn(CCCCc3cccc(C(F)(F)F)c3)c(=O)c2c1. The van der Waals surface area contributed by atoms with E-state index in [0.29, 0.717) is 42.1 Å². The van der Waals surface area contributed by atoms with Crippen LogP contribution in [0.15, 0.2) is 59.5 Å². The summed E-state index contributed by atoms with van der Waals surface area (Å²) in [7, 11) is 0. The molecule has 1 heterocycles. The van der Waals surface area contributed by atoms with Crippen LogP contribution in [0, 0.1) is 0 Å². The number of nitrogens with one attached hydrogen (secondary N) is 1. The highest BCUT2D eigenvalue weighted by atomic mass is 19.4. The fourth-order valence-corrected chi connectivity index (χ4v) is 3.18. The fraction of sp³-hybridized carbons (Fsp3) is 0.238. The largest absolute Gasteiger partial charge is 0.416 e. The first-order valence-corrected chi connectivity index (χ1v) is 9.03. The Labute approximate surface area is 164 Å². The lowest BCUT2D eigenvalue weighted by Gasteiger charge is -2.10. The van der Waals surface area contributed by atoms with E-state index in [1.54, 1.807) is 24.4 Å². The van der Waals surface area contributed by atoms with E-state index in [0.717, 1.165) is 12.1 Å². The maximum Gasteiger partial charge on any atom is 0.416 e. The Balaban J connectivity index is 1.67. The zero-order valence-corrected chi connectivity index (χ0v) is 15.4. The molecule has 0 aliphatic heterocycles. The summed E-state index contributed by atoms with van der Waals surface area (Å²) in [5, 5.41) is 9.76. The Morgan fingerprint density at radius 1 is 1.07 bits per heavy atom. The van der Waals surface area contributed by atoms with Gasteiger partial charge in [-0.1, -0.05) is 24.3 Å². The van der Waals surface area contributed by atoms with E-state index < -0.39 is 17.6 Å². The van der Waals surface area contributed by atoms with Crippen molar-refractivity contribution >= 4 is 16.7 Å². The molecule has 0 radical (unpaired) electrons. The average molecular weight is 404 g/mol. The smallest absolute Gasteiger partial charge is 0.315 e. The number of hydrogen-bond donors (Lipinski definition) is 2. The maximum absolute atomic E-state index is 12.8. The van der Waals surface area contributed by atoms with Gasteiger partial charge in [0.25, 0.3) is 11.5 Å². The van der Waals surface area contributed by atoms with Gasteiger partial charge in [0.15, 0.2) is 0 Å². The molecule has 0 aliphatic rings. The van der Waals surface area contributed by atoms with Gasteiger partial charge < -0.3 is 4.57 Å². The van der Waals surface area contributed by atoms with Gasteiger partial charge in [0, 0.05) is 23.7 Å². The lowest BCUT2D eigenvalue weighted by atomic mass is 10.0. The number of halogens is 3. The number of pyridine rings is 1. The zero-order chi connectivity index (χ0) is 21.0. The van der Waals surface area contributed by atoms with Crippen LogP contribution in [0.3, 0.4) is 0 Å². The Bertz CT molecular complexity index is 1090. The fourth-order valence-electron chi connectivity index (χ4n) is 3.18. The predicted molar refractivity (Wildman–Crippen MR) is 102 cm³/mol. The van der Waals surface area contributed by atoms with Gasteiger partial charge in [-0.3, -0.25) is 14.8 Å². The summed E-state index contributed by atoms with van der Waals surface area (Å²) in [5.41, 5.74) is 1.37. The van der Waals surface area contributed by atoms with E-state index in [1.807, 2.05) is 0 Å². The van der Waals surface area contributed by atoms with Crippen LogP contribution in [0.1, 0.15) is 34.3 Å². The van der Waals surface area contributed by atoms with E-state index in [9.17, 15) is 22.8 Å². The third-order valence-corrected chi connectivity index (χ3v) is 4.71. The van der Waals surface area contributed by atoms with Crippen molar-refractivity contribution in [2.24, 2.45) is 0 Å². The number of aryl methyl sites for hydroxylation is 2. The highest BCUT2D eigenvalue weighted by molar-refractivity contribution is 5.97. The van der Waals surface area contributed by atoms with Crippen LogP contribution in [0.2, 0.25) is 0 Å². The lowest BCUT2D eigenvalue weighted by molar-refractivity contribution is -0.137. The van der Waals surface area contributed by atoms with Gasteiger partial charge in [0.1, 0.15) is 0 Å². The first-order valence-electron chi connectivity index (χ1n) is 9.03. The molecule has 0 aliphatic carbocycles. The number of amides is 1. The van der Waals surface area contributed by atoms with Gasteiger partial charge in [-0.25, -0.2) is 5.48 Å². The first-order chi connectivity index (χ1) is 13.8. The molecule has 29 heavy (non-hydrogen) atoms. The first kappa shape index (κ1) is 20.6. The van der Waals surface area contributed by atoms with Crippen molar-refractivity contribution in [1.29, 1.82) is 0 Å². The second kappa shape index (κ2) is 8.48. The molecule has 0 bridgehead atoms. The van der Waals surface area contributed by atoms with Gasteiger partial charge in [-0.15, -0.1) is 0 Å². The number of unbranched alkanes of at least 4 members (excludes halogenated alkanes) is 1. The molecule has 3 aromatic rings. The van der Waals surface area contributed by atoms with Gasteiger partial charge in [-0.05, 0) is 54.5 Å². The highest BCUT2D eigenvalue weighted by Crippen LogP contribution is 2.29. The van der Waals surface area contributed by atoms with Crippen molar-refractivity contribution < 1.29 is 23.2 Å². The number of fused-ring (bicyclic) bond motifs is 1. The van der Waals surface area contributed by atoms with E-state index in [1.165, 1.54) is 28.2 Å². The molecule has 0 spiro atoms. The maximum atomic E-state index is 12.8. The molecule has 1 aromatic heterocycles. The van der Waals surface area contributed by atoms with Crippen LogP contribution in [-0.2, 0) is 19.1 Å². The number of carbonyl (C=O) groups excluding carboxylic acids is 1. The van der Waals surface area contributed by atoms with Crippen molar-refractivity contribution in [2.45, 2.75) is 32.0 Å². The van der Waals surface area contributed by atoms with Crippen molar-refractivity contribution in [2.75, 3.05) is 0 Å². The number of aromatic nitrogens is 1. The monoisotopic (exact) mass is 404 g/mol. The van der Waals surface area contributed by atoms with Crippen LogP contribution in [0.5, 0.6) is 0 Å². The molecule has 5 nitrogen and oxygen atoms in total. The Morgan fingerprint density at radius 3 is 2.59 bits per heavy atom. The Morgan fingerprint density at radius 2 is 1.86 bits per heavy atom. The molecule has 8 heteroatoms. The zero-order valence-electron chi connectivity index (χ0n) is 15.4. The molecular weight excluding hydrogens is 385 g/mol. The topological polar surface area (TPSA) is 71.3 Å². The minimum atomic E-state index is -4.36. The third-order valence-electron chi connectivity index (χ3n) is 4.71. The average Bonchev–Trinajstić information content (AvgIpc) is 2.71. The van der Waals surface area contributed by atoms with Gasteiger partial charge >= 0.3 is 6.18 Å². The van der Waals surface area contributed by atoms with E-state index in [-0.39, 0.29) is 11.1 Å². The lowest BCUT2D eigenvalue weighted by Crippen LogP contribution is -2.21. The van der Waals surface area contributed by atoms with Gasteiger partial charge in [0.05, 0.1) is 5.56 Å². The third kappa shape index (κ3) is 4.83. The number of carbonyl (C=O) groups is 1. The molecule has 2 aromatic carbocycles. The number of nitrogens with zero attached hydrogens (tertiary/aromatic N) is 1. The summed E-state index contributed by atoms with van der Waals surface area (Å²) in [6.45, 7) is 0.407. The summed E-state index contributed by atoms with van der Waals surface area (Å²) in [5.74, 6) is -0.706. The van der Waals surface area contributed by atoms with Crippen LogP contribution < -0.4 is 11.0 Å². The molecule has 0 unspecified atom stereocenters. The summed E-state index contributed by atoms with van der Waals surface area (Å²) in [6.07, 6.45) is -0.995. The Kier molecular flexibility index (Phi) is 6.03. The second-order valence-corrected chi connectivity index (χ2v) is 6.71. The van der Waals surface area contributed by atoms with E-state index >= 15 is 0 Å². The van der Waals surface area contributed by atoms with E-state index in [4.69, 9.17) is 5.21 Å². The van der Waals surface area contributed by atoms with Crippen LogP contribution in [-0.4, -0.2) is 15.7 Å². The summed E-state index contributed by atoms with van der Waals surface area (Å²) in [4.78, 5) is 24.2. The van der Waals surface area contributed by atoms with Crippen molar-refractivity contribution in [3.63, 3.8) is 0 Å². The molecule has 1 amide bonds. The predicted octanol–water partition coefficient (Wildman–Crippen LogP) is 4.16. The van der Waals surface area contributed by atoms with Gasteiger partial charge in [0.2, 0.25) is 0 Å². The Hall–Kier alpha value is -3.13. The highest BCUT2D eigenvalue weighted by Gasteiger charge is 2.30. The number of hydroxylamine groups is 1. The number of hydrogen-bond acceptors (Lipinski definition) is 3.